The second-order valence-corrected chi connectivity index (χ2v) is 10.2. The first kappa shape index (κ1) is 21.1. The van der Waals surface area contributed by atoms with E-state index in [9.17, 15) is 17.6 Å². The number of amides is 1. The number of fused-ring (bicyclic) bond motifs is 1. The number of halogens is 1. The third-order valence-corrected chi connectivity index (χ3v) is 7.13. The summed E-state index contributed by atoms with van der Waals surface area (Å²) >= 11 is 1.16. The number of sulfone groups is 1. The molecule has 0 N–H and O–H groups in total. The quantitative estimate of drug-likeness (QED) is 0.410. The first-order chi connectivity index (χ1) is 14.9. The van der Waals surface area contributed by atoms with Gasteiger partial charge >= 0.3 is 0 Å². The van der Waals surface area contributed by atoms with Crippen molar-refractivity contribution in [2.24, 2.45) is 0 Å². The van der Waals surface area contributed by atoms with Crippen LogP contribution in [-0.2, 0) is 26.9 Å². The molecule has 0 aliphatic carbocycles. The maximum absolute atomic E-state index is 13.6. The van der Waals surface area contributed by atoms with Crippen molar-refractivity contribution in [3.63, 3.8) is 0 Å². The van der Waals surface area contributed by atoms with Crippen LogP contribution in [0.4, 0.5) is 9.52 Å². The fourth-order valence-electron chi connectivity index (χ4n) is 3.18. The van der Waals surface area contributed by atoms with Crippen molar-refractivity contribution in [3.8, 4) is 0 Å². The van der Waals surface area contributed by atoms with Crippen LogP contribution in [0.5, 0.6) is 0 Å². The number of benzene rings is 3. The van der Waals surface area contributed by atoms with Crippen molar-refractivity contribution in [1.82, 2.24) is 4.98 Å². The predicted molar refractivity (Wildman–Crippen MR) is 121 cm³/mol. The lowest BCUT2D eigenvalue weighted by Gasteiger charge is -2.20. The van der Waals surface area contributed by atoms with Crippen molar-refractivity contribution in [2.75, 3.05) is 10.7 Å². The highest BCUT2D eigenvalue weighted by Crippen LogP contribution is 2.30. The summed E-state index contributed by atoms with van der Waals surface area (Å²) in [6.45, 7) is 0.169. The smallest absolute Gasteiger partial charge is 0.244 e. The molecule has 0 aliphatic heterocycles. The minimum atomic E-state index is -3.69. The van der Waals surface area contributed by atoms with Crippen molar-refractivity contribution in [1.29, 1.82) is 0 Å². The zero-order valence-corrected chi connectivity index (χ0v) is 18.1. The number of thiazole rings is 1. The number of nitrogens with zero attached hydrogens (tertiary/aromatic N) is 2. The lowest BCUT2D eigenvalue weighted by molar-refractivity contribution is -0.116. The van der Waals surface area contributed by atoms with Crippen LogP contribution < -0.4 is 4.90 Å². The van der Waals surface area contributed by atoms with Crippen LogP contribution in [0.1, 0.15) is 11.1 Å². The number of rotatable bonds is 7. The first-order valence-corrected chi connectivity index (χ1v) is 12.2. The number of hydrogen-bond donors (Lipinski definition) is 0. The second-order valence-electron chi connectivity index (χ2n) is 7.09. The molecule has 158 valence electrons. The Kier molecular flexibility index (Phi) is 6.11. The normalized spacial score (nSPS) is 11.5. The third-order valence-electron chi connectivity index (χ3n) is 4.63. The molecule has 1 amide bonds. The number of aromatic nitrogens is 1. The van der Waals surface area contributed by atoms with E-state index in [1.165, 1.54) is 17.0 Å². The number of carbonyl (C=O) groups excluding carboxylic acids is 1. The van der Waals surface area contributed by atoms with E-state index >= 15 is 0 Å². The Labute approximate surface area is 183 Å². The molecule has 5 nitrogen and oxygen atoms in total. The molecule has 8 heteroatoms. The highest BCUT2D eigenvalue weighted by Gasteiger charge is 2.26. The maximum atomic E-state index is 13.6. The molecule has 0 bridgehead atoms. The van der Waals surface area contributed by atoms with Gasteiger partial charge in [0.15, 0.2) is 15.0 Å². The molecule has 0 aliphatic rings. The van der Waals surface area contributed by atoms with E-state index in [4.69, 9.17) is 0 Å². The molecule has 1 aromatic heterocycles. The average Bonchev–Trinajstić information content (AvgIpc) is 3.15. The molecule has 0 saturated carbocycles. The van der Waals surface area contributed by atoms with Crippen LogP contribution in [0.25, 0.3) is 10.2 Å². The predicted octanol–water partition coefficient (Wildman–Crippen LogP) is 4.58. The van der Waals surface area contributed by atoms with Gasteiger partial charge in [0.25, 0.3) is 0 Å². The van der Waals surface area contributed by atoms with E-state index < -0.39 is 27.3 Å². The van der Waals surface area contributed by atoms with E-state index in [0.29, 0.717) is 20.9 Å². The summed E-state index contributed by atoms with van der Waals surface area (Å²) in [6.07, 6.45) is 0. The lowest BCUT2D eigenvalue weighted by Crippen LogP contribution is -2.35. The van der Waals surface area contributed by atoms with Gasteiger partial charge in [-0.15, -0.1) is 0 Å². The molecule has 3 aromatic carbocycles. The zero-order valence-electron chi connectivity index (χ0n) is 16.4. The largest absolute Gasteiger partial charge is 0.283 e. The monoisotopic (exact) mass is 454 g/mol. The lowest BCUT2D eigenvalue weighted by atomic mass is 10.2. The SMILES string of the molecule is O=C(CS(=O)(=O)Cc1ccccc1)N(Cc1ccccc1)c1nc2ccc(F)cc2s1. The highest BCUT2D eigenvalue weighted by atomic mass is 32.2. The molecule has 0 atom stereocenters. The first-order valence-electron chi connectivity index (χ1n) is 9.54. The summed E-state index contributed by atoms with van der Waals surface area (Å²) in [5.41, 5.74) is 2.02. The highest BCUT2D eigenvalue weighted by molar-refractivity contribution is 7.91. The Hall–Kier alpha value is -3.10. The van der Waals surface area contributed by atoms with Crippen molar-refractivity contribution >= 4 is 42.4 Å². The summed E-state index contributed by atoms with van der Waals surface area (Å²) in [5.74, 6) is -1.82. The standard InChI is InChI=1S/C23H19FN2O3S2/c24-19-11-12-20-21(13-19)30-23(25-20)26(14-17-7-3-1-4-8-17)22(27)16-31(28,29)15-18-9-5-2-6-10-18/h1-13H,14-16H2. The summed E-state index contributed by atoms with van der Waals surface area (Å²) in [6, 6.07) is 22.2. The number of hydrogen-bond acceptors (Lipinski definition) is 5. The van der Waals surface area contributed by atoms with E-state index in [0.717, 1.165) is 16.9 Å². The fourth-order valence-corrected chi connectivity index (χ4v) is 5.52. The number of carbonyl (C=O) groups is 1. The van der Waals surface area contributed by atoms with Crippen molar-refractivity contribution in [3.05, 3.63) is 95.8 Å². The molecule has 0 spiro atoms. The second kappa shape index (κ2) is 8.95. The van der Waals surface area contributed by atoms with Crippen molar-refractivity contribution < 1.29 is 17.6 Å². The van der Waals surface area contributed by atoms with Crippen LogP contribution in [-0.4, -0.2) is 25.1 Å². The molecule has 4 rings (SSSR count). The molecule has 0 saturated heterocycles. The summed E-state index contributed by atoms with van der Waals surface area (Å²) in [4.78, 5) is 18.9. The van der Waals surface area contributed by atoms with Gasteiger partial charge in [0.2, 0.25) is 5.91 Å². The number of anilines is 1. The van der Waals surface area contributed by atoms with Gasteiger partial charge < -0.3 is 0 Å². The fraction of sp³-hybridized carbons (Fsp3) is 0.130. The topological polar surface area (TPSA) is 67.3 Å². The van der Waals surface area contributed by atoms with Crippen LogP contribution in [0.3, 0.4) is 0 Å². The minimum Gasteiger partial charge on any atom is -0.283 e. The van der Waals surface area contributed by atoms with E-state index in [-0.39, 0.29) is 12.3 Å². The molecule has 1 heterocycles. The molecule has 0 radical (unpaired) electrons. The molecule has 0 fully saturated rings. The van der Waals surface area contributed by atoms with Gasteiger partial charge in [0.05, 0.1) is 22.5 Å². The Morgan fingerprint density at radius 2 is 1.58 bits per heavy atom. The van der Waals surface area contributed by atoms with Crippen LogP contribution in [0.2, 0.25) is 0 Å². The Balaban J connectivity index is 1.63. The van der Waals surface area contributed by atoms with E-state index in [1.54, 1.807) is 36.4 Å². The van der Waals surface area contributed by atoms with Gasteiger partial charge in [0.1, 0.15) is 11.6 Å². The molecular formula is C23H19FN2O3S2. The summed E-state index contributed by atoms with van der Waals surface area (Å²) in [5, 5.41) is 0.337. The molecular weight excluding hydrogens is 435 g/mol. The van der Waals surface area contributed by atoms with Gasteiger partial charge in [-0.25, -0.2) is 17.8 Å². The Morgan fingerprint density at radius 3 is 2.26 bits per heavy atom. The molecule has 0 unspecified atom stereocenters. The maximum Gasteiger partial charge on any atom is 0.244 e. The third kappa shape index (κ3) is 5.34. The average molecular weight is 455 g/mol. The van der Waals surface area contributed by atoms with Crippen LogP contribution >= 0.6 is 11.3 Å². The van der Waals surface area contributed by atoms with Gasteiger partial charge in [-0.3, -0.25) is 9.69 Å². The zero-order chi connectivity index (χ0) is 21.8. The van der Waals surface area contributed by atoms with Gasteiger partial charge in [-0.1, -0.05) is 72.0 Å². The summed E-state index contributed by atoms with van der Waals surface area (Å²) < 4.78 is 39.6. The van der Waals surface area contributed by atoms with Gasteiger partial charge in [0, 0.05) is 0 Å². The Morgan fingerprint density at radius 1 is 0.935 bits per heavy atom. The van der Waals surface area contributed by atoms with Crippen molar-refractivity contribution in [2.45, 2.75) is 12.3 Å². The van der Waals surface area contributed by atoms with E-state index in [1.807, 2.05) is 30.3 Å². The van der Waals surface area contributed by atoms with E-state index in [2.05, 4.69) is 4.98 Å². The van der Waals surface area contributed by atoms with Gasteiger partial charge in [-0.2, -0.15) is 0 Å². The minimum absolute atomic E-state index is 0.169. The van der Waals surface area contributed by atoms with Crippen LogP contribution in [0.15, 0.2) is 78.9 Å². The Bertz CT molecular complexity index is 1310. The molecule has 4 aromatic rings. The van der Waals surface area contributed by atoms with Crippen LogP contribution in [0, 0.1) is 5.82 Å². The summed E-state index contributed by atoms with van der Waals surface area (Å²) in [7, 11) is -3.69. The van der Waals surface area contributed by atoms with Gasteiger partial charge in [-0.05, 0) is 29.3 Å². The molecule has 31 heavy (non-hydrogen) atoms.